The van der Waals surface area contributed by atoms with Crippen molar-refractivity contribution in [1.82, 2.24) is 0 Å². The van der Waals surface area contributed by atoms with Gasteiger partial charge in [0, 0.05) is 0 Å². The molecule has 1 atom stereocenters. The second kappa shape index (κ2) is 5.14. The monoisotopic (exact) mass is 255 g/mol. The van der Waals surface area contributed by atoms with Gasteiger partial charge in [-0.1, -0.05) is 45.0 Å². The van der Waals surface area contributed by atoms with E-state index in [0.717, 1.165) is 22.5 Å². The number of benzene rings is 1. The topological polar surface area (TPSA) is 32.6 Å². The molecule has 2 rings (SSSR count). The Morgan fingerprint density at radius 1 is 1.05 bits per heavy atom. The minimum absolute atomic E-state index is 0.0631. The number of aliphatic imine (C=N–C) groups is 1. The van der Waals surface area contributed by atoms with Crippen LogP contribution in [0.5, 0.6) is 0 Å². The van der Waals surface area contributed by atoms with Crippen LogP contribution in [0.2, 0.25) is 0 Å². The van der Waals surface area contributed by atoms with E-state index >= 15 is 0 Å². The Hall–Kier alpha value is -1.67. The van der Waals surface area contributed by atoms with Crippen molar-refractivity contribution >= 4 is 11.4 Å². The van der Waals surface area contributed by atoms with Gasteiger partial charge in [0.15, 0.2) is 0 Å². The summed E-state index contributed by atoms with van der Waals surface area (Å²) < 4.78 is 0. The Morgan fingerprint density at radius 3 is 2.26 bits per heavy atom. The van der Waals surface area contributed by atoms with Gasteiger partial charge >= 0.3 is 0 Å². The Kier molecular flexibility index (Phi) is 3.72. The fourth-order valence-electron chi connectivity index (χ4n) is 2.21. The maximum atomic E-state index is 10.5. The predicted molar refractivity (Wildman–Crippen MR) is 80.8 cm³/mol. The van der Waals surface area contributed by atoms with Crippen molar-refractivity contribution in [2.24, 2.45) is 10.4 Å². The standard InChI is InChI=1S/C17H21NO/c1-12-10-14(17(2,3)4)16(19)15(11-12)18-13-8-6-5-7-9-13/h5-11,16,19H,1-4H3. The van der Waals surface area contributed by atoms with Gasteiger partial charge in [0.2, 0.25) is 0 Å². The number of hydrogen-bond acceptors (Lipinski definition) is 2. The van der Waals surface area contributed by atoms with Gasteiger partial charge in [-0.25, -0.2) is 0 Å². The molecule has 2 nitrogen and oxygen atoms in total. The molecule has 0 amide bonds. The lowest BCUT2D eigenvalue weighted by atomic mass is 9.78. The molecule has 1 aromatic carbocycles. The molecule has 0 spiro atoms. The van der Waals surface area contributed by atoms with E-state index in [4.69, 9.17) is 0 Å². The van der Waals surface area contributed by atoms with Crippen LogP contribution in [-0.4, -0.2) is 16.9 Å². The molecule has 0 bridgehead atoms. The number of para-hydroxylation sites is 1. The van der Waals surface area contributed by atoms with Crippen LogP contribution in [0.3, 0.4) is 0 Å². The second-order valence-corrected chi connectivity index (χ2v) is 6.01. The van der Waals surface area contributed by atoms with Gasteiger partial charge in [-0.3, -0.25) is 4.99 Å². The quantitative estimate of drug-likeness (QED) is 0.806. The number of rotatable bonds is 1. The molecule has 0 radical (unpaired) electrons. The third-order valence-corrected chi connectivity index (χ3v) is 3.21. The predicted octanol–water partition coefficient (Wildman–Crippen LogP) is 4.05. The number of aliphatic hydroxyl groups excluding tert-OH is 1. The van der Waals surface area contributed by atoms with Gasteiger partial charge in [-0.05, 0) is 41.7 Å². The van der Waals surface area contributed by atoms with E-state index < -0.39 is 6.10 Å². The summed E-state index contributed by atoms with van der Waals surface area (Å²) in [6.45, 7) is 8.38. The number of hydrogen-bond donors (Lipinski definition) is 1. The Bertz CT molecular complexity index is 544. The number of aliphatic hydroxyl groups is 1. The Morgan fingerprint density at radius 2 is 1.68 bits per heavy atom. The summed E-state index contributed by atoms with van der Waals surface area (Å²) >= 11 is 0. The summed E-state index contributed by atoms with van der Waals surface area (Å²) in [7, 11) is 0. The molecule has 1 aliphatic carbocycles. The van der Waals surface area contributed by atoms with Crippen molar-refractivity contribution in [3.05, 3.63) is 53.6 Å². The number of nitrogens with zero attached hydrogens (tertiary/aromatic N) is 1. The SMILES string of the molecule is CC1=CC(=Nc2ccccc2)C(O)C(C(C)(C)C)=C1. The molecule has 1 aliphatic rings. The molecular formula is C17H21NO. The smallest absolute Gasteiger partial charge is 0.118 e. The first-order chi connectivity index (χ1) is 8.88. The lowest BCUT2D eigenvalue weighted by Gasteiger charge is -2.30. The second-order valence-electron chi connectivity index (χ2n) is 6.01. The molecule has 0 saturated heterocycles. The van der Waals surface area contributed by atoms with Crippen LogP contribution >= 0.6 is 0 Å². The van der Waals surface area contributed by atoms with Gasteiger partial charge in [0.1, 0.15) is 6.10 Å². The summed E-state index contributed by atoms with van der Waals surface area (Å²) in [5.41, 5.74) is 3.67. The molecule has 0 aromatic heterocycles. The maximum absolute atomic E-state index is 10.5. The molecular weight excluding hydrogens is 234 g/mol. The van der Waals surface area contributed by atoms with Crippen molar-refractivity contribution in [3.63, 3.8) is 0 Å². The van der Waals surface area contributed by atoms with Gasteiger partial charge in [-0.2, -0.15) is 0 Å². The maximum Gasteiger partial charge on any atom is 0.118 e. The summed E-state index contributed by atoms with van der Waals surface area (Å²) in [6, 6.07) is 9.75. The molecule has 0 fully saturated rings. The minimum Gasteiger partial charge on any atom is -0.382 e. The Labute approximate surface area is 115 Å². The van der Waals surface area contributed by atoms with Crippen molar-refractivity contribution < 1.29 is 5.11 Å². The van der Waals surface area contributed by atoms with Crippen LogP contribution in [-0.2, 0) is 0 Å². The molecule has 0 heterocycles. The fraction of sp³-hybridized carbons (Fsp3) is 0.353. The lowest BCUT2D eigenvalue weighted by Crippen LogP contribution is -2.31. The minimum atomic E-state index is -0.621. The molecule has 0 saturated carbocycles. The van der Waals surface area contributed by atoms with Gasteiger partial charge in [-0.15, -0.1) is 0 Å². The van der Waals surface area contributed by atoms with Crippen LogP contribution < -0.4 is 0 Å². The van der Waals surface area contributed by atoms with Crippen molar-refractivity contribution in [3.8, 4) is 0 Å². The average molecular weight is 255 g/mol. The molecule has 100 valence electrons. The fourth-order valence-corrected chi connectivity index (χ4v) is 2.21. The third kappa shape index (κ3) is 3.21. The highest BCUT2D eigenvalue weighted by Gasteiger charge is 2.29. The van der Waals surface area contributed by atoms with Crippen LogP contribution in [0.4, 0.5) is 5.69 Å². The van der Waals surface area contributed by atoms with Crippen molar-refractivity contribution in [2.45, 2.75) is 33.8 Å². The summed E-state index contributed by atoms with van der Waals surface area (Å²) in [5.74, 6) is 0. The van der Waals surface area contributed by atoms with E-state index in [1.807, 2.05) is 43.3 Å². The highest BCUT2D eigenvalue weighted by Crippen LogP contribution is 2.33. The van der Waals surface area contributed by atoms with Crippen molar-refractivity contribution in [1.29, 1.82) is 0 Å². The van der Waals surface area contributed by atoms with Gasteiger partial charge < -0.3 is 5.11 Å². The highest BCUT2D eigenvalue weighted by molar-refractivity contribution is 6.04. The van der Waals surface area contributed by atoms with E-state index in [2.05, 4.69) is 31.8 Å². The lowest BCUT2D eigenvalue weighted by molar-refractivity contribution is 0.245. The molecule has 1 unspecified atom stereocenters. The molecule has 19 heavy (non-hydrogen) atoms. The van der Waals surface area contributed by atoms with Crippen LogP contribution in [0.25, 0.3) is 0 Å². The third-order valence-electron chi connectivity index (χ3n) is 3.21. The first-order valence-corrected chi connectivity index (χ1v) is 6.60. The molecule has 1 aromatic rings. The van der Waals surface area contributed by atoms with Gasteiger partial charge in [0.25, 0.3) is 0 Å². The average Bonchev–Trinajstić information content (AvgIpc) is 2.33. The zero-order chi connectivity index (χ0) is 14.0. The molecule has 0 aliphatic heterocycles. The van der Waals surface area contributed by atoms with Crippen molar-refractivity contribution in [2.75, 3.05) is 0 Å². The normalized spacial score (nSPS) is 22.2. The Balaban J connectivity index is 2.40. The van der Waals surface area contributed by atoms with E-state index in [1.165, 1.54) is 0 Å². The zero-order valence-corrected chi connectivity index (χ0v) is 12.0. The zero-order valence-electron chi connectivity index (χ0n) is 12.0. The van der Waals surface area contributed by atoms with E-state index in [-0.39, 0.29) is 5.41 Å². The first-order valence-electron chi connectivity index (χ1n) is 6.60. The highest BCUT2D eigenvalue weighted by atomic mass is 16.3. The van der Waals surface area contributed by atoms with Crippen LogP contribution in [0.15, 0.2) is 58.6 Å². The van der Waals surface area contributed by atoms with E-state index in [1.54, 1.807) is 0 Å². The summed E-state index contributed by atoms with van der Waals surface area (Å²) in [5, 5.41) is 10.5. The summed E-state index contributed by atoms with van der Waals surface area (Å²) in [4.78, 5) is 4.56. The van der Waals surface area contributed by atoms with E-state index in [9.17, 15) is 5.11 Å². The van der Waals surface area contributed by atoms with Crippen LogP contribution in [0.1, 0.15) is 27.7 Å². The number of allylic oxidation sites excluding steroid dienone is 2. The van der Waals surface area contributed by atoms with E-state index in [0.29, 0.717) is 0 Å². The molecule has 1 N–H and O–H groups in total. The first kappa shape index (κ1) is 13.8. The molecule has 2 heteroatoms. The van der Waals surface area contributed by atoms with Gasteiger partial charge in [0.05, 0.1) is 11.4 Å². The summed E-state index contributed by atoms with van der Waals surface area (Å²) in [6.07, 6.45) is 3.39. The van der Waals surface area contributed by atoms with Crippen LogP contribution in [0, 0.1) is 5.41 Å². The largest absolute Gasteiger partial charge is 0.382 e.